The Morgan fingerprint density at radius 1 is 0.208 bits per heavy atom. The molecule has 2 heterocycles. The first kappa shape index (κ1) is 42.3. The number of anilines is 6. The molecule has 0 amide bonds. The molecule has 2 aliphatic heterocycles. The SMILES string of the molecule is c1ccc(-c2ccc(N(c3ccc(-c4ccc(N(c5ccc(-c6ccccc6)cc5)c5ccc6c(c5)Sc5cccc7cccc-6c57)cc4)cc3)c3ccc4c(c3)Sc3cccc5cccc-4c35)cc2)cc1. The second-order valence-electron chi connectivity index (χ2n) is 18.5. The Morgan fingerprint density at radius 3 is 0.861 bits per heavy atom. The van der Waals surface area contributed by atoms with E-state index < -0.39 is 0 Å². The van der Waals surface area contributed by atoms with E-state index in [0.717, 1.165) is 45.3 Å². The van der Waals surface area contributed by atoms with Crippen molar-refractivity contribution in [1.82, 2.24) is 0 Å². The highest BCUT2D eigenvalue weighted by molar-refractivity contribution is 8.00. The highest BCUT2D eigenvalue weighted by atomic mass is 32.2. The fourth-order valence-electron chi connectivity index (χ4n) is 10.8. The lowest BCUT2D eigenvalue weighted by molar-refractivity contribution is 1.26. The molecule has 14 rings (SSSR count). The van der Waals surface area contributed by atoms with Crippen molar-refractivity contribution >= 4 is 79.2 Å². The van der Waals surface area contributed by atoms with E-state index in [1.807, 2.05) is 23.5 Å². The minimum Gasteiger partial charge on any atom is -0.310 e. The van der Waals surface area contributed by atoms with Crippen LogP contribution >= 0.6 is 23.5 Å². The summed E-state index contributed by atoms with van der Waals surface area (Å²) in [6, 6.07) is 97.8. The van der Waals surface area contributed by atoms with Crippen molar-refractivity contribution in [3.8, 4) is 55.6 Å². The van der Waals surface area contributed by atoms with Crippen molar-refractivity contribution in [2.45, 2.75) is 19.6 Å². The normalized spacial score (nSPS) is 12.1. The molecule has 0 bridgehead atoms. The van der Waals surface area contributed by atoms with Gasteiger partial charge in [0.1, 0.15) is 0 Å². The summed E-state index contributed by atoms with van der Waals surface area (Å²) in [6.07, 6.45) is 0. The van der Waals surface area contributed by atoms with E-state index in [0.29, 0.717) is 0 Å². The van der Waals surface area contributed by atoms with E-state index in [4.69, 9.17) is 0 Å². The summed E-state index contributed by atoms with van der Waals surface area (Å²) >= 11 is 3.74. The van der Waals surface area contributed by atoms with Crippen molar-refractivity contribution in [3.63, 3.8) is 0 Å². The Bertz CT molecular complexity index is 3730. The summed E-state index contributed by atoms with van der Waals surface area (Å²) in [7, 11) is 0. The van der Waals surface area contributed by atoms with Gasteiger partial charge in [-0.3, -0.25) is 0 Å². The number of hydrogen-bond donors (Lipinski definition) is 0. The van der Waals surface area contributed by atoms with Crippen LogP contribution in [0.3, 0.4) is 0 Å². The number of rotatable bonds is 9. The van der Waals surface area contributed by atoms with Crippen LogP contribution in [0.15, 0.2) is 287 Å². The Labute approximate surface area is 428 Å². The summed E-state index contributed by atoms with van der Waals surface area (Å²) in [6.45, 7) is 0. The minimum atomic E-state index is 1.10. The average Bonchev–Trinajstić information content (AvgIpc) is 3.45. The Balaban J connectivity index is 0.814. The second kappa shape index (κ2) is 17.7. The first-order chi connectivity index (χ1) is 35.7. The molecule has 12 aromatic rings. The van der Waals surface area contributed by atoms with Gasteiger partial charge in [0.05, 0.1) is 0 Å². The standard InChI is InChI=1S/C68H44N2S2/c1-3-11-45(12-4-1)47-23-31-53(32-24-47)69(57-39-41-59-61-19-7-15-51-17-9-21-63(67(51)61)71-65(59)43-57)55-35-27-49(28-36-55)50-29-37-56(38-30-50)70(54-33-25-48(26-34-54)46-13-5-2-6-14-46)58-40-42-60-62-20-8-16-52-18-10-22-64(68(52)62)72-66(60)44-58/h1-44H. The Morgan fingerprint density at radius 2 is 0.514 bits per heavy atom. The van der Waals surface area contributed by atoms with Crippen LogP contribution in [0.4, 0.5) is 34.1 Å². The van der Waals surface area contributed by atoms with Gasteiger partial charge in [-0.05, 0) is 151 Å². The smallest absolute Gasteiger partial charge is 0.0473 e. The molecule has 12 aromatic carbocycles. The Hall–Kier alpha value is -8.54. The van der Waals surface area contributed by atoms with Crippen molar-refractivity contribution in [2.24, 2.45) is 0 Å². The maximum atomic E-state index is 2.39. The van der Waals surface area contributed by atoms with Crippen LogP contribution in [-0.4, -0.2) is 0 Å². The van der Waals surface area contributed by atoms with E-state index in [1.54, 1.807) is 0 Å². The fraction of sp³-hybridized carbons (Fsp3) is 0. The van der Waals surface area contributed by atoms with E-state index in [2.05, 4.69) is 277 Å². The number of benzene rings is 12. The zero-order valence-corrected chi connectivity index (χ0v) is 40.7. The van der Waals surface area contributed by atoms with E-state index in [9.17, 15) is 0 Å². The van der Waals surface area contributed by atoms with Crippen LogP contribution < -0.4 is 9.80 Å². The van der Waals surface area contributed by atoms with Gasteiger partial charge in [0.15, 0.2) is 0 Å². The van der Waals surface area contributed by atoms with E-state index in [-0.39, 0.29) is 0 Å². The summed E-state index contributed by atoms with van der Waals surface area (Å²) < 4.78 is 0. The second-order valence-corrected chi connectivity index (χ2v) is 20.6. The summed E-state index contributed by atoms with van der Waals surface area (Å²) in [5.74, 6) is 0. The van der Waals surface area contributed by atoms with Crippen LogP contribution in [0.25, 0.3) is 77.2 Å². The van der Waals surface area contributed by atoms with Gasteiger partial charge in [-0.25, -0.2) is 0 Å². The van der Waals surface area contributed by atoms with E-state index >= 15 is 0 Å². The molecule has 0 saturated heterocycles. The van der Waals surface area contributed by atoms with Crippen LogP contribution in [0.5, 0.6) is 0 Å². The predicted octanol–water partition coefficient (Wildman–Crippen LogP) is 20.2. The Kier molecular flexibility index (Phi) is 10.4. The molecule has 2 nitrogen and oxygen atoms in total. The number of fused-ring (bicyclic) bond motifs is 4. The number of hydrogen-bond acceptors (Lipinski definition) is 4. The summed E-state index contributed by atoms with van der Waals surface area (Å²) in [5, 5.41) is 5.25. The number of nitrogens with zero attached hydrogens (tertiary/aromatic N) is 2. The molecule has 72 heavy (non-hydrogen) atoms. The van der Waals surface area contributed by atoms with Gasteiger partial charge < -0.3 is 9.80 Å². The van der Waals surface area contributed by atoms with E-state index in [1.165, 1.54) is 85.6 Å². The molecule has 0 saturated carbocycles. The first-order valence-electron chi connectivity index (χ1n) is 24.5. The quantitative estimate of drug-likeness (QED) is 0.142. The topological polar surface area (TPSA) is 6.48 Å². The lowest BCUT2D eigenvalue weighted by Gasteiger charge is -2.28. The van der Waals surface area contributed by atoms with Gasteiger partial charge in [-0.2, -0.15) is 0 Å². The van der Waals surface area contributed by atoms with Crippen LogP contribution in [-0.2, 0) is 0 Å². The molecule has 0 atom stereocenters. The van der Waals surface area contributed by atoms with Crippen molar-refractivity contribution in [3.05, 3.63) is 267 Å². The predicted molar refractivity (Wildman–Crippen MR) is 306 cm³/mol. The lowest BCUT2D eigenvalue weighted by Crippen LogP contribution is -2.10. The zero-order valence-electron chi connectivity index (χ0n) is 39.1. The van der Waals surface area contributed by atoms with Gasteiger partial charge in [-0.1, -0.05) is 206 Å². The molecule has 0 N–H and O–H groups in total. The molecule has 2 aliphatic rings. The molecule has 0 aliphatic carbocycles. The van der Waals surface area contributed by atoms with Gasteiger partial charge in [0.25, 0.3) is 0 Å². The van der Waals surface area contributed by atoms with Gasteiger partial charge in [0, 0.05) is 64.5 Å². The monoisotopic (exact) mass is 952 g/mol. The fourth-order valence-corrected chi connectivity index (χ4v) is 13.1. The third kappa shape index (κ3) is 7.47. The average molecular weight is 953 g/mol. The zero-order chi connectivity index (χ0) is 47.5. The highest BCUT2D eigenvalue weighted by Crippen LogP contribution is 2.52. The molecule has 0 fully saturated rings. The largest absolute Gasteiger partial charge is 0.310 e. The third-order valence-electron chi connectivity index (χ3n) is 14.2. The molecule has 0 radical (unpaired) electrons. The molecular weight excluding hydrogens is 909 g/mol. The highest BCUT2D eigenvalue weighted by Gasteiger charge is 2.24. The van der Waals surface area contributed by atoms with Crippen molar-refractivity contribution in [2.75, 3.05) is 9.80 Å². The maximum Gasteiger partial charge on any atom is 0.0473 e. The van der Waals surface area contributed by atoms with Gasteiger partial charge in [-0.15, -0.1) is 0 Å². The lowest BCUT2D eigenvalue weighted by atomic mass is 9.97. The molecule has 0 spiro atoms. The maximum absolute atomic E-state index is 2.39. The molecule has 0 unspecified atom stereocenters. The van der Waals surface area contributed by atoms with Crippen molar-refractivity contribution in [1.29, 1.82) is 0 Å². The van der Waals surface area contributed by atoms with Crippen molar-refractivity contribution < 1.29 is 0 Å². The van der Waals surface area contributed by atoms with Crippen LogP contribution in [0, 0.1) is 0 Å². The van der Waals surface area contributed by atoms with Crippen LogP contribution in [0.2, 0.25) is 0 Å². The van der Waals surface area contributed by atoms with Gasteiger partial charge in [0.2, 0.25) is 0 Å². The third-order valence-corrected chi connectivity index (χ3v) is 16.5. The summed E-state index contributed by atoms with van der Waals surface area (Å²) in [4.78, 5) is 9.91. The molecule has 4 heteroatoms. The molecule has 0 aromatic heterocycles. The first-order valence-corrected chi connectivity index (χ1v) is 26.1. The molecule has 338 valence electrons. The van der Waals surface area contributed by atoms with Crippen LogP contribution in [0.1, 0.15) is 0 Å². The van der Waals surface area contributed by atoms with Gasteiger partial charge >= 0.3 is 0 Å². The minimum absolute atomic E-state index is 1.10. The summed E-state index contributed by atoms with van der Waals surface area (Å²) in [5.41, 5.74) is 18.9. The molecular formula is C68H44N2S2.